The first-order valence-corrected chi connectivity index (χ1v) is 6.03. The third kappa shape index (κ3) is 1.60. The summed E-state index contributed by atoms with van der Waals surface area (Å²) in [5.41, 5.74) is -0.582. The van der Waals surface area contributed by atoms with Gasteiger partial charge in [-0.2, -0.15) is 0 Å². The number of hydrogen-bond donors (Lipinski definition) is 1. The largest absolute Gasteiger partial charge is 0.481 e. The van der Waals surface area contributed by atoms with Crippen LogP contribution >= 0.6 is 0 Å². The van der Waals surface area contributed by atoms with E-state index in [0.29, 0.717) is 13.1 Å². The van der Waals surface area contributed by atoms with Crippen molar-refractivity contribution >= 4 is 11.9 Å². The van der Waals surface area contributed by atoms with E-state index in [2.05, 4.69) is 6.92 Å². The fraction of sp³-hybridized carbons (Fsp3) is 0.833. The van der Waals surface area contributed by atoms with Crippen LogP contribution in [0.25, 0.3) is 0 Å². The Kier molecular flexibility index (Phi) is 2.68. The summed E-state index contributed by atoms with van der Waals surface area (Å²) in [6.45, 7) is 5.08. The summed E-state index contributed by atoms with van der Waals surface area (Å²) in [6, 6.07) is 0. The highest BCUT2D eigenvalue weighted by atomic mass is 16.4. The lowest BCUT2D eigenvalue weighted by atomic mass is 10.0. The Morgan fingerprint density at radius 3 is 2.75 bits per heavy atom. The zero-order valence-electron chi connectivity index (χ0n) is 9.90. The molecule has 0 aromatic carbocycles. The molecule has 1 amide bonds. The van der Waals surface area contributed by atoms with Crippen LogP contribution in [0.15, 0.2) is 0 Å². The number of nitrogens with zero attached hydrogens (tertiary/aromatic N) is 1. The molecule has 1 heterocycles. The number of rotatable bonds is 4. The van der Waals surface area contributed by atoms with Crippen molar-refractivity contribution in [2.45, 2.75) is 33.1 Å². The van der Waals surface area contributed by atoms with Gasteiger partial charge in [0.1, 0.15) is 0 Å². The van der Waals surface area contributed by atoms with Crippen molar-refractivity contribution in [1.82, 2.24) is 4.90 Å². The highest BCUT2D eigenvalue weighted by Crippen LogP contribution is 2.58. The summed E-state index contributed by atoms with van der Waals surface area (Å²) in [5, 5.41) is 9.12. The third-order valence-electron chi connectivity index (χ3n) is 4.03. The zero-order chi connectivity index (χ0) is 11.9. The van der Waals surface area contributed by atoms with Crippen molar-refractivity contribution in [1.29, 1.82) is 0 Å². The smallest absolute Gasteiger partial charge is 0.311 e. The SMILES string of the molecule is CCCC(C)C(=O)N1CC2CC2(C(=O)O)C1. The number of aliphatic carboxylic acids is 1. The molecule has 1 saturated heterocycles. The number of piperidine rings is 1. The van der Waals surface area contributed by atoms with Crippen molar-refractivity contribution in [2.75, 3.05) is 13.1 Å². The van der Waals surface area contributed by atoms with Gasteiger partial charge in [-0.1, -0.05) is 20.3 Å². The van der Waals surface area contributed by atoms with Gasteiger partial charge < -0.3 is 10.0 Å². The molecule has 0 radical (unpaired) electrons. The number of carboxylic acid groups (broad SMARTS) is 1. The van der Waals surface area contributed by atoms with Crippen LogP contribution in [0.5, 0.6) is 0 Å². The maximum Gasteiger partial charge on any atom is 0.311 e. The molecule has 0 bridgehead atoms. The predicted octanol–water partition coefficient (Wildman–Crippen LogP) is 1.36. The van der Waals surface area contributed by atoms with Gasteiger partial charge in [-0.3, -0.25) is 9.59 Å². The van der Waals surface area contributed by atoms with Gasteiger partial charge in [0.25, 0.3) is 0 Å². The summed E-state index contributed by atoms with van der Waals surface area (Å²) in [4.78, 5) is 24.8. The van der Waals surface area contributed by atoms with Crippen LogP contribution in [-0.2, 0) is 9.59 Å². The lowest BCUT2D eigenvalue weighted by molar-refractivity contribution is -0.144. The molecule has 0 aromatic heterocycles. The molecule has 1 N–H and O–H groups in total. The summed E-state index contributed by atoms with van der Waals surface area (Å²) >= 11 is 0. The zero-order valence-corrected chi connectivity index (χ0v) is 9.90. The second-order valence-electron chi connectivity index (χ2n) is 5.27. The molecule has 2 aliphatic rings. The fourth-order valence-electron chi connectivity index (χ4n) is 2.85. The Balaban J connectivity index is 1.95. The molecular formula is C12H19NO3. The van der Waals surface area contributed by atoms with Gasteiger partial charge in [0, 0.05) is 19.0 Å². The Bertz CT molecular complexity index is 328. The molecule has 0 spiro atoms. The van der Waals surface area contributed by atoms with E-state index in [0.717, 1.165) is 19.3 Å². The Morgan fingerprint density at radius 2 is 2.25 bits per heavy atom. The minimum Gasteiger partial charge on any atom is -0.481 e. The average Bonchev–Trinajstić information content (AvgIpc) is 2.81. The molecule has 3 unspecified atom stereocenters. The molecule has 3 atom stereocenters. The highest BCUT2D eigenvalue weighted by molar-refractivity contribution is 5.84. The van der Waals surface area contributed by atoms with Crippen molar-refractivity contribution in [3.8, 4) is 0 Å². The Morgan fingerprint density at radius 1 is 1.56 bits per heavy atom. The van der Waals surface area contributed by atoms with Gasteiger partial charge >= 0.3 is 5.97 Å². The third-order valence-corrected chi connectivity index (χ3v) is 4.03. The Labute approximate surface area is 95.6 Å². The van der Waals surface area contributed by atoms with Crippen LogP contribution in [-0.4, -0.2) is 35.0 Å². The van der Waals surface area contributed by atoms with Crippen molar-refractivity contribution in [3.63, 3.8) is 0 Å². The van der Waals surface area contributed by atoms with Crippen LogP contribution in [0.3, 0.4) is 0 Å². The quantitative estimate of drug-likeness (QED) is 0.785. The lowest BCUT2D eigenvalue weighted by Crippen LogP contribution is -2.37. The number of carboxylic acids is 1. The van der Waals surface area contributed by atoms with Crippen molar-refractivity contribution in [2.24, 2.45) is 17.3 Å². The molecule has 4 heteroatoms. The first-order chi connectivity index (χ1) is 7.51. The van der Waals surface area contributed by atoms with Crippen LogP contribution in [0.2, 0.25) is 0 Å². The summed E-state index contributed by atoms with van der Waals surface area (Å²) < 4.78 is 0. The van der Waals surface area contributed by atoms with Gasteiger partial charge in [0.15, 0.2) is 0 Å². The van der Waals surface area contributed by atoms with Gasteiger partial charge in [0.2, 0.25) is 5.91 Å². The molecule has 0 aromatic rings. The normalized spacial score (nSPS) is 33.4. The molecule has 2 rings (SSSR count). The number of amides is 1. The number of carbonyl (C=O) groups is 2. The number of carbonyl (C=O) groups excluding carboxylic acids is 1. The predicted molar refractivity (Wildman–Crippen MR) is 58.8 cm³/mol. The van der Waals surface area contributed by atoms with Gasteiger partial charge in [-0.25, -0.2) is 0 Å². The molecule has 1 aliphatic carbocycles. The van der Waals surface area contributed by atoms with Crippen LogP contribution in [0.1, 0.15) is 33.1 Å². The fourth-order valence-corrected chi connectivity index (χ4v) is 2.85. The maximum atomic E-state index is 12.0. The van der Waals surface area contributed by atoms with Gasteiger partial charge in [0.05, 0.1) is 5.41 Å². The van der Waals surface area contributed by atoms with Crippen LogP contribution < -0.4 is 0 Å². The molecule has 90 valence electrons. The summed E-state index contributed by atoms with van der Waals surface area (Å²) in [7, 11) is 0. The maximum absolute atomic E-state index is 12.0. The first kappa shape index (κ1) is 11.4. The molecule has 4 nitrogen and oxygen atoms in total. The second kappa shape index (κ2) is 3.75. The van der Waals surface area contributed by atoms with Crippen LogP contribution in [0.4, 0.5) is 0 Å². The minimum absolute atomic E-state index is 0.0355. The van der Waals surface area contributed by atoms with E-state index < -0.39 is 11.4 Å². The molecular weight excluding hydrogens is 206 g/mol. The van der Waals surface area contributed by atoms with E-state index in [1.54, 1.807) is 4.90 Å². The van der Waals surface area contributed by atoms with Crippen molar-refractivity contribution < 1.29 is 14.7 Å². The number of likely N-dealkylation sites (tertiary alicyclic amines) is 1. The van der Waals surface area contributed by atoms with E-state index in [-0.39, 0.29) is 17.7 Å². The standard InChI is InChI=1S/C12H19NO3/c1-3-4-8(2)10(14)13-6-9-5-12(9,7-13)11(15)16/h8-9H,3-7H2,1-2H3,(H,15,16). The molecule has 1 aliphatic heterocycles. The van der Waals surface area contributed by atoms with E-state index in [1.165, 1.54) is 0 Å². The number of hydrogen-bond acceptors (Lipinski definition) is 2. The first-order valence-electron chi connectivity index (χ1n) is 6.03. The van der Waals surface area contributed by atoms with E-state index in [4.69, 9.17) is 5.11 Å². The number of fused-ring (bicyclic) bond motifs is 1. The molecule has 2 fully saturated rings. The van der Waals surface area contributed by atoms with E-state index in [1.807, 2.05) is 6.92 Å². The van der Waals surface area contributed by atoms with E-state index in [9.17, 15) is 9.59 Å². The van der Waals surface area contributed by atoms with E-state index >= 15 is 0 Å². The monoisotopic (exact) mass is 225 g/mol. The minimum atomic E-state index is -0.726. The molecule has 16 heavy (non-hydrogen) atoms. The lowest BCUT2D eigenvalue weighted by Gasteiger charge is -2.23. The molecule has 1 saturated carbocycles. The summed E-state index contributed by atoms with van der Waals surface area (Å²) in [6.07, 6.45) is 2.64. The average molecular weight is 225 g/mol. The van der Waals surface area contributed by atoms with Crippen LogP contribution in [0, 0.1) is 17.3 Å². The van der Waals surface area contributed by atoms with Gasteiger partial charge in [-0.05, 0) is 18.8 Å². The summed E-state index contributed by atoms with van der Waals surface area (Å²) in [5.74, 6) is -0.346. The van der Waals surface area contributed by atoms with Crippen molar-refractivity contribution in [3.05, 3.63) is 0 Å². The van der Waals surface area contributed by atoms with Gasteiger partial charge in [-0.15, -0.1) is 0 Å². The second-order valence-corrected chi connectivity index (χ2v) is 5.27. The topological polar surface area (TPSA) is 57.6 Å². The highest BCUT2D eigenvalue weighted by Gasteiger charge is 2.66. The Hall–Kier alpha value is -1.06.